The number of hydrogen-bond acceptors (Lipinski definition) is 5. The molecule has 1 unspecified atom stereocenters. The molecule has 2 N–H and O–H groups in total. The first kappa shape index (κ1) is 20.7. The van der Waals surface area contributed by atoms with Crippen molar-refractivity contribution in [2.45, 2.75) is 32.4 Å². The summed E-state index contributed by atoms with van der Waals surface area (Å²) in [4.78, 5) is 6.75. The van der Waals surface area contributed by atoms with Gasteiger partial charge in [0.05, 0.1) is 26.4 Å². The fourth-order valence-corrected chi connectivity index (χ4v) is 4.22. The molecule has 0 aliphatic carbocycles. The third-order valence-electron chi connectivity index (χ3n) is 4.55. The predicted molar refractivity (Wildman–Crippen MR) is 109 cm³/mol. The number of thioether (sulfide) groups is 1. The molecule has 1 fully saturated rings. The minimum Gasteiger partial charge on any atom is -0.493 e. The number of benzene rings is 1. The zero-order chi connectivity index (χ0) is 19.2. The van der Waals surface area contributed by atoms with Gasteiger partial charge in [0.25, 0.3) is 0 Å². The summed E-state index contributed by atoms with van der Waals surface area (Å²) in [5, 5.41) is 13.9. The first-order valence-electron chi connectivity index (χ1n) is 8.93. The summed E-state index contributed by atoms with van der Waals surface area (Å²) in [5.41, 5.74) is 1.60. The van der Waals surface area contributed by atoms with Gasteiger partial charge in [-0.2, -0.15) is 11.8 Å². The molecule has 0 spiro atoms. The van der Waals surface area contributed by atoms with Crippen molar-refractivity contribution in [3.63, 3.8) is 0 Å². The highest BCUT2D eigenvalue weighted by atomic mass is 32.2. The van der Waals surface area contributed by atoms with E-state index in [9.17, 15) is 5.11 Å². The van der Waals surface area contributed by atoms with Gasteiger partial charge in [0, 0.05) is 25.9 Å². The van der Waals surface area contributed by atoms with Crippen molar-refractivity contribution in [1.29, 1.82) is 0 Å². The summed E-state index contributed by atoms with van der Waals surface area (Å²) in [6.07, 6.45) is 0.805. The smallest absolute Gasteiger partial charge is 0.194 e. The van der Waals surface area contributed by atoms with Gasteiger partial charge in [-0.15, -0.1) is 0 Å². The summed E-state index contributed by atoms with van der Waals surface area (Å²) in [7, 11) is 5.29. The van der Waals surface area contributed by atoms with Crippen LogP contribution in [0.3, 0.4) is 0 Å². The second kappa shape index (κ2) is 9.37. The molecule has 26 heavy (non-hydrogen) atoms. The molecule has 1 saturated heterocycles. The molecule has 1 aromatic carbocycles. The van der Waals surface area contributed by atoms with Crippen LogP contribution in [0.4, 0.5) is 0 Å². The largest absolute Gasteiger partial charge is 0.493 e. The fourth-order valence-electron chi connectivity index (χ4n) is 2.94. The van der Waals surface area contributed by atoms with E-state index in [-0.39, 0.29) is 0 Å². The Kier molecular flexibility index (Phi) is 7.46. The predicted octanol–water partition coefficient (Wildman–Crippen LogP) is 2.28. The number of guanidine groups is 1. The van der Waals surface area contributed by atoms with Gasteiger partial charge >= 0.3 is 0 Å². The lowest BCUT2D eigenvalue weighted by molar-refractivity contribution is 0.0776. The molecule has 2 rings (SSSR count). The van der Waals surface area contributed by atoms with Gasteiger partial charge in [0.1, 0.15) is 0 Å². The maximum atomic E-state index is 10.5. The van der Waals surface area contributed by atoms with Crippen LogP contribution in [0.25, 0.3) is 0 Å². The number of rotatable bonds is 7. The van der Waals surface area contributed by atoms with Crippen LogP contribution in [-0.4, -0.2) is 67.4 Å². The van der Waals surface area contributed by atoms with Gasteiger partial charge < -0.3 is 24.8 Å². The topological polar surface area (TPSA) is 66.3 Å². The molecule has 146 valence electrons. The van der Waals surface area contributed by atoms with Crippen LogP contribution in [0.1, 0.15) is 24.5 Å². The zero-order valence-electron chi connectivity index (χ0n) is 16.5. The van der Waals surface area contributed by atoms with Crippen LogP contribution < -0.4 is 14.8 Å². The van der Waals surface area contributed by atoms with Crippen LogP contribution >= 0.6 is 11.8 Å². The van der Waals surface area contributed by atoms with Crippen molar-refractivity contribution in [3.8, 4) is 11.5 Å². The van der Waals surface area contributed by atoms with Crippen molar-refractivity contribution in [2.24, 2.45) is 4.99 Å². The van der Waals surface area contributed by atoms with Crippen LogP contribution in [0.5, 0.6) is 11.5 Å². The highest BCUT2D eigenvalue weighted by molar-refractivity contribution is 7.99. The summed E-state index contributed by atoms with van der Waals surface area (Å²) >= 11 is 1.79. The second-order valence-corrected chi connectivity index (χ2v) is 7.79. The molecule has 1 atom stereocenters. The van der Waals surface area contributed by atoms with Crippen molar-refractivity contribution in [2.75, 3.05) is 45.9 Å². The van der Waals surface area contributed by atoms with E-state index in [1.165, 1.54) is 0 Å². The van der Waals surface area contributed by atoms with E-state index < -0.39 is 5.60 Å². The number of hydrogen-bond donors (Lipinski definition) is 2. The third kappa shape index (κ3) is 5.20. The first-order valence-corrected chi connectivity index (χ1v) is 10.1. The van der Waals surface area contributed by atoms with Gasteiger partial charge in [-0.1, -0.05) is 0 Å². The molecule has 0 saturated carbocycles. The molecule has 6 nitrogen and oxygen atoms in total. The minimum atomic E-state index is -0.675. The van der Waals surface area contributed by atoms with Crippen molar-refractivity contribution in [3.05, 3.63) is 23.3 Å². The Bertz CT molecular complexity index is 631. The lowest BCUT2D eigenvalue weighted by Gasteiger charge is -2.25. The van der Waals surface area contributed by atoms with E-state index >= 15 is 0 Å². The monoisotopic (exact) mass is 381 g/mol. The average Bonchev–Trinajstić information content (AvgIpc) is 3.06. The molecule has 0 bridgehead atoms. The van der Waals surface area contributed by atoms with Gasteiger partial charge in [0.15, 0.2) is 17.5 Å². The molecule has 1 heterocycles. The fraction of sp³-hybridized carbons (Fsp3) is 0.632. The molecule has 0 amide bonds. The van der Waals surface area contributed by atoms with Crippen LogP contribution in [0.2, 0.25) is 0 Å². The number of aliphatic hydroxyl groups is 1. The maximum absolute atomic E-state index is 10.5. The Morgan fingerprint density at radius 2 is 2.04 bits per heavy atom. The van der Waals surface area contributed by atoms with Gasteiger partial charge in [0.2, 0.25) is 0 Å². The molecule has 1 aliphatic rings. The van der Waals surface area contributed by atoms with E-state index in [1.807, 2.05) is 26.1 Å². The first-order chi connectivity index (χ1) is 12.4. The number of aryl methyl sites for hydroxylation is 1. The number of ether oxygens (including phenoxy) is 2. The van der Waals surface area contributed by atoms with E-state index in [0.717, 1.165) is 53.1 Å². The lowest BCUT2D eigenvalue weighted by atomic mass is 10.0. The van der Waals surface area contributed by atoms with Gasteiger partial charge in [-0.05, 0) is 49.3 Å². The Hall–Kier alpha value is -1.60. The number of nitrogens with one attached hydrogen (secondary N) is 1. The van der Waals surface area contributed by atoms with Crippen molar-refractivity contribution >= 4 is 17.7 Å². The van der Waals surface area contributed by atoms with Crippen LogP contribution in [0, 0.1) is 6.92 Å². The van der Waals surface area contributed by atoms with E-state index in [2.05, 4.69) is 22.1 Å². The minimum absolute atomic E-state index is 0.428. The summed E-state index contributed by atoms with van der Waals surface area (Å²) in [5.74, 6) is 4.02. The lowest BCUT2D eigenvalue weighted by Crippen LogP contribution is -2.41. The van der Waals surface area contributed by atoms with E-state index in [1.54, 1.807) is 26.0 Å². The Balaban J connectivity index is 2.15. The zero-order valence-corrected chi connectivity index (χ0v) is 17.3. The summed E-state index contributed by atoms with van der Waals surface area (Å²) in [6.45, 7) is 6.00. The second-order valence-electron chi connectivity index (χ2n) is 6.69. The highest BCUT2D eigenvalue weighted by Crippen LogP contribution is 2.31. The SMILES string of the molecule is CCNC(=NCC1(O)CCSC1)N(C)Cc1cc(OC)c(OC)cc1C. The van der Waals surface area contributed by atoms with E-state index in [0.29, 0.717) is 13.1 Å². The number of methoxy groups -OCH3 is 2. The van der Waals surface area contributed by atoms with Gasteiger partial charge in [-0.25, -0.2) is 0 Å². The van der Waals surface area contributed by atoms with Crippen molar-refractivity contribution < 1.29 is 14.6 Å². The highest BCUT2D eigenvalue weighted by Gasteiger charge is 2.31. The Labute approximate surface area is 161 Å². The normalized spacial score (nSPS) is 20.2. The summed E-state index contributed by atoms with van der Waals surface area (Å²) < 4.78 is 10.8. The Morgan fingerprint density at radius 1 is 1.35 bits per heavy atom. The Morgan fingerprint density at radius 3 is 2.62 bits per heavy atom. The molecule has 7 heteroatoms. The standard InChI is InChI=1S/C19H31N3O3S/c1-6-20-18(21-12-19(23)7-8-26-13-19)22(3)11-15-10-17(25-5)16(24-4)9-14(15)2/h9-10,23H,6-8,11-13H2,1-5H3,(H,20,21). The molecule has 1 aliphatic heterocycles. The molecule has 0 aromatic heterocycles. The molecular formula is C19H31N3O3S. The molecule has 1 aromatic rings. The van der Waals surface area contributed by atoms with Crippen molar-refractivity contribution in [1.82, 2.24) is 10.2 Å². The van der Waals surface area contributed by atoms with Crippen LogP contribution in [0.15, 0.2) is 17.1 Å². The average molecular weight is 382 g/mol. The maximum Gasteiger partial charge on any atom is 0.194 e. The number of nitrogens with zero attached hydrogens (tertiary/aromatic N) is 2. The van der Waals surface area contributed by atoms with E-state index in [4.69, 9.17) is 9.47 Å². The van der Waals surface area contributed by atoms with Gasteiger partial charge in [-0.3, -0.25) is 4.99 Å². The quantitative estimate of drug-likeness (QED) is 0.558. The molecule has 0 radical (unpaired) electrons. The third-order valence-corrected chi connectivity index (χ3v) is 5.79. The summed E-state index contributed by atoms with van der Waals surface area (Å²) in [6, 6.07) is 4.00. The van der Waals surface area contributed by atoms with Crippen LogP contribution in [-0.2, 0) is 6.54 Å². The number of aliphatic imine (C=N–C) groups is 1. The molecular weight excluding hydrogens is 350 g/mol.